The van der Waals surface area contributed by atoms with E-state index >= 15 is 0 Å². The van der Waals surface area contributed by atoms with E-state index in [1.807, 2.05) is 41.0 Å². The maximum Gasteiger partial charge on any atom is 0.333 e. The van der Waals surface area contributed by atoms with Gasteiger partial charge in [0, 0.05) is 29.1 Å². The first-order valence-corrected chi connectivity index (χ1v) is 7.51. The molecule has 0 saturated carbocycles. The van der Waals surface area contributed by atoms with Crippen LogP contribution in [0.25, 0.3) is 28.4 Å². The highest BCUT2D eigenvalue weighted by molar-refractivity contribution is 6.00. The first-order valence-electron chi connectivity index (χ1n) is 7.51. The van der Waals surface area contributed by atoms with Crippen LogP contribution in [-0.4, -0.2) is 21.6 Å². The van der Waals surface area contributed by atoms with Crippen LogP contribution in [0.2, 0.25) is 0 Å². The molecule has 5 heteroatoms. The summed E-state index contributed by atoms with van der Waals surface area (Å²) in [4.78, 5) is 23.1. The number of hydrogen-bond acceptors (Lipinski definition) is 2. The van der Waals surface area contributed by atoms with Gasteiger partial charge < -0.3 is 15.4 Å². The summed E-state index contributed by atoms with van der Waals surface area (Å²) in [5.74, 6) is -1.46. The van der Waals surface area contributed by atoms with E-state index in [2.05, 4.69) is 0 Å². The number of nitrogens with two attached hydrogens (primary N) is 1. The fourth-order valence-electron chi connectivity index (χ4n) is 3.18. The van der Waals surface area contributed by atoms with Crippen LogP contribution in [0.15, 0.2) is 54.1 Å². The van der Waals surface area contributed by atoms with Gasteiger partial charge >= 0.3 is 5.97 Å². The number of hydrogen-bond donors (Lipinski definition) is 2. The molecule has 0 aliphatic carbocycles. The van der Waals surface area contributed by atoms with Crippen molar-refractivity contribution in [2.75, 3.05) is 0 Å². The van der Waals surface area contributed by atoms with Gasteiger partial charge in [-0.3, -0.25) is 4.79 Å². The van der Waals surface area contributed by atoms with Gasteiger partial charge in [0.1, 0.15) is 0 Å². The van der Waals surface area contributed by atoms with Gasteiger partial charge in [0.15, 0.2) is 0 Å². The largest absolute Gasteiger partial charge is 0.478 e. The Bertz CT molecular complexity index is 1040. The molecule has 1 aliphatic heterocycles. The topological polar surface area (TPSA) is 85.3 Å². The maximum atomic E-state index is 11.6. The molecule has 1 amide bonds. The van der Waals surface area contributed by atoms with Gasteiger partial charge in [-0.15, -0.1) is 0 Å². The van der Waals surface area contributed by atoms with Crippen molar-refractivity contribution in [3.8, 4) is 11.3 Å². The van der Waals surface area contributed by atoms with Crippen molar-refractivity contribution >= 4 is 29.0 Å². The van der Waals surface area contributed by atoms with Crippen LogP contribution in [0.4, 0.5) is 0 Å². The number of nitrogens with zero attached hydrogens (tertiary/aromatic N) is 1. The van der Waals surface area contributed by atoms with E-state index in [1.54, 1.807) is 18.3 Å². The number of fused-ring (bicyclic) bond motifs is 5. The van der Waals surface area contributed by atoms with Gasteiger partial charge in [-0.1, -0.05) is 30.3 Å². The average Bonchev–Trinajstić information content (AvgIpc) is 2.83. The van der Waals surface area contributed by atoms with Crippen molar-refractivity contribution in [1.29, 1.82) is 0 Å². The molecule has 3 N–H and O–H groups in total. The standard InChI is InChI=1S/C19H14N2O3/c20-18(22)13-6-5-12-8-17-15-4-2-1-3-11(15)7-14(19(23)24)10-21(17)16(12)9-13/h1-6,8-10H,7H2,(H2,20,22)(H,23,24). The van der Waals surface area contributed by atoms with Crippen molar-refractivity contribution in [3.05, 3.63) is 65.2 Å². The van der Waals surface area contributed by atoms with Crippen molar-refractivity contribution in [1.82, 2.24) is 4.57 Å². The van der Waals surface area contributed by atoms with Gasteiger partial charge in [0.25, 0.3) is 0 Å². The molecule has 2 heterocycles. The Hall–Kier alpha value is -3.34. The Kier molecular flexibility index (Phi) is 3.03. The summed E-state index contributed by atoms with van der Waals surface area (Å²) in [6.07, 6.45) is 1.98. The van der Waals surface area contributed by atoms with Crippen molar-refractivity contribution < 1.29 is 14.7 Å². The predicted octanol–water partition coefficient (Wildman–Crippen LogP) is 2.89. The number of carbonyl (C=O) groups excluding carboxylic acids is 1. The van der Waals surface area contributed by atoms with Crippen LogP contribution in [0, 0.1) is 0 Å². The number of primary amides is 1. The van der Waals surface area contributed by atoms with Crippen LogP contribution in [0.1, 0.15) is 15.9 Å². The zero-order valence-corrected chi connectivity index (χ0v) is 12.7. The van der Waals surface area contributed by atoms with Gasteiger partial charge in [0.2, 0.25) is 5.91 Å². The molecular weight excluding hydrogens is 304 g/mol. The quantitative estimate of drug-likeness (QED) is 0.762. The molecule has 0 bridgehead atoms. The SMILES string of the molecule is NC(=O)c1ccc2cc3n(c2c1)C=C(C(=O)O)Cc1ccccc1-3. The maximum absolute atomic E-state index is 11.6. The number of carbonyl (C=O) groups is 2. The van der Waals surface area contributed by atoms with Crippen molar-refractivity contribution in [2.45, 2.75) is 6.42 Å². The van der Waals surface area contributed by atoms with Crippen LogP contribution in [-0.2, 0) is 11.2 Å². The monoisotopic (exact) mass is 318 g/mol. The van der Waals surface area contributed by atoms with E-state index in [0.717, 1.165) is 27.7 Å². The molecule has 3 aromatic rings. The van der Waals surface area contributed by atoms with E-state index in [1.165, 1.54) is 0 Å². The Morgan fingerprint density at radius 3 is 2.62 bits per heavy atom. The first kappa shape index (κ1) is 14.3. The molecule has 1 aromatic heterocycles. The molecule has 2 aromatic carbocycles. The molecule has 118 valence electrons. The minimum Gasteiger partial charge on any atom is -0.478 e. The normalized spacial score (nSPS) is 12.9. The fraction of sp³-hybridized carbons (Fsp3) is 0.0526. The highest BCUT2D eigenvalue weighted by Gasteiger charge is 2.20. The third kappa shape index (κ3) is 2.10. The number of aliphatic carboxylic acids is 1. The molecule has 0 radical (unpaired) electrons. The van der Waals surface area contributed by atoms with Crippen molar-refractivity contribution in [3.63, 3.8) is 0 Å². The fourth-order valence-corrected chi connectivity index (χ4v) is 3.18. The Morgan fingerprint density at radius 2 is 1.88 bits per heavy atom. The molecule has 0 fully saturated rings. The average molecular weight is 318 g/mol. The lowest BCUT2D eigenvalue weighted by molar-refractivity contribution is -0.132. The van der Waals surface area contributed by atoms with Crippen LogP contribution in [0.3, 0.4) is 0 Å². The molecule has 0 unspecified atom stereocenters. The minimum absolute atomic E-state index is 0.295. The summed E-state index contributed by atoms with van der Waals surface area (Å²) in [5, 5.41) is 10.4. The second-order valence-electron chi connectivity index (χ2n) is 5.83. The van der Waals surface area contributed by atoms with Crippen LogP contribution >= 0.6 is 0 Å². The molecule has 1 aliphatic rings. The summed E-state index contributed by atoms with van der Waals surface area (Å²) in [7, 11) is 0. The third-order valence-corrected chi connectivity index (χ3v) is 4.36. The van der Waals surface area contributed by atoms with Gasteiger partial charge in [0.05, 0.1) is 16.8 Å². The van der Waals surface area contributed by atoms with Crippen LogP contribution < -0.4 is 5.73 Å². The van der Waals surface area contributed by atoms with Gasteiger partial charge in [-0.05, 0) is 23.8 Å². The zero-order chi connectivity index (χ0) is 16.8. The van der Waals surface area contributed by atoms with E-state index in [0.29, 0.717) is 17.6 Å². The molecule has 5 nitrogen and oxygen atoms in total. The molecule has 4 rings (SSSR count). The lowest BCUT2D eigenvalue weighted by atomic mass is 9.99. The number of amides is 1. The minimum atomic E-state index is -0.953. The summed E-state index contributed by atoms with van der Waals surface area (Å²) < 4.78 is 1.83. The number of rotatable bonds is 2. The molecule has 0 atom stereocenters. The number of carboxylic acid groups (broad SMARTS) is 1. The summed E-state index contributed by atoms with van der Waals surface area (Å²) >= 11 is 0. The smallest absolute Gasteiger partial charge is 0.333 e. The number of benzene rings is 2. The second-order valence-corrected chi connectivity index (χ2v) is 5.83. The second kappa shape index (κ2) is 5.09. The Labute approximate surface area is 137 Å². The molecule has 24 heavy (non-hydrogen) atoms. The Balaban J connectivity index is 2.09. The molecular formula is C19H14N2O3. The third-order valence-electron chi connectivity index (χ3n) is 4.36. The van der Waals surface area contributed by atoms with Gasteiger partial charge in [-0.2, -0.15) is 0 Å². The lowest BCUT2D eigenvalue weighted by Crippen LogP contribution is -2.10. The summed E-state index contributed by atoms with van der Waals surface area (Å²) in [6.45, 7) is 0. The Morgan fingerprint density at radius 1 is 1.08 bits per heavy atom. The van der Waals surface area contributed by atoms with E-state index in [9.17, 15) is 14.7 Å². The van der Waals surface area contributed by atoms with E-state index in [-0.39, 0.29) is 0 Å². The predicted molar refractivity (Wildman–Crippen MR) is 91.5 cm³/mol. The van der Waals surface area contributed by atoms with E-state index < -0.39 is 11.9 Å². The molecule has 0 spiro atoms. The lowest BCUT2D eigenvalue weighted by Gasteiger charge is -2.06. The zero-order valence-electron chi connectivity index (χ0n) is 12.7. The molecule has 0 saturated heterocycles. The highest BCUT2D eigenvalue weighted by atomic mass is 16.4. The van der Waals surface area contributed by atoms with E-state index in [4.69, 9.17) is 5.73 Å². The first-order chi connectivity index (χ1) is 11.5. The van der Waals surface area contributed by atoms with Crippen molar-refractivity contribution in [2.24, 2.45) is 5.73 Å². The summed E-state index contributed by atoms with van der Waals surface area (Å²) in [6, 6.07) is 15.0. The number of aromatic nitrogens is 1. The van der Waals surface area contributed by atoms with Gasteiger partial charge in [-0.25, -0.2) is 4.79 Å². The highest BCUT2D eigenvalue weighted by Crippen LogP contribution is 2.35. The number of carboxylic acids is 1. The van der Waals surface area contributed by atoms with Crippen LogP contribution in [0.5, 0.6) is 0 Å². The summed E-state index contributed by atoms with van der Waals surface area (Å²) in [5.41, 5.74) is 9.68.